The number of hydrogen-bond donors (Lipinski definition) is 1. The van der Waals surface area contributed by atoms with Gasteiger partial charge in [-0.2, -0.15) is 5.26 Å². The van der Waals surface area contributed by atoms with Crippen LogP contribution in [0.2, 0.25) is 0 Å². The third-order valence-corrected chi connectivity index (χ3v) is 2.03. The second kappa shape index (κ2) is 7.16. The van der Waals surface area contributed by atoms with Gasteiger partial charge in [-0.05, 0) is 32.9 Å². The van der Waals surface area contributed by atoms with Crippen molar-refractivity contribution < 1.29 is 9.53 Å². The van der Waals surface area contributed by atoms with Crippen molar-refractivity contribution in [1.29, 1.82) is 5.26 Å². The second-order valence-corrected chi connectivity index (χ2v) is 5.02. The fourth-order valence-electron chi connectivity index (χ4n) is 1.28. The number of aromatic nitrogens is 1. The van der Waals surface area contributed by atoms with Crippen LogP contribution in [-0.4, -0.2) is 23.2 Å². The van der Waals surface area contributed by atoms with Gasteiger partial charge in [-0.1, -0.05) is 11.8 Å². The molecule has 0 aliphatic heterocycles. The average molecular weight is 271 g/mol. The molecular formula is C15H17N3O2. The summed E-state index contributed by atoms with van der Waals surface area (Å²) in [5.74, 6) is 5.82. The van der Waals surface area contributed by atoms with Crippen molar-refractivity contribution in [1.82, 2.24) is 10.3 Å². The number of ether oxygens (including phenoxy) is 1. The zero-order valence-electron chi connectivity index (χ0n) is 11.9. The highest BCUT2D eigenvalue weighted by Crippen LogP contribution is 2.06. The molecular weight excluding hydrogens is 254 g/mol. The first-order valence-electron chi connectivity index (χ1n) is 6.22. The van der Waals surface area contributed by atoms with E-state index in [-0.39, 0.29) is 0 Å². The van der Waals surface area contributed by atoms with Crippen LogP contribution in [0.3, 0.4) is 0 Å². The lowest BCUT2D eigenvalue weighted by Crippen LogP contribution is -2.32. The maximum absolute atomic E-state index is 11.3. The molecule has 5 nitrogen and oxygen atoms in total. The Morgan fingerprint density at radius 3 is 2.90 bits per heavy atom. The smallest absolute Gasteiger partial charge is 0.407 e. The molecule has 0 spiro atoms. The Bertz CT molecular complexity index is 571. The minimum atomic E-state index is -0.500. The van der Waals surface area contributed by atoms with Crippen molar-refractivity contribution in [2.75, 3.05) is 6.54 Å². The lowest BCUT2D eigenvalue weighted by atomic mass is 10.2. The maximum atomic E-state index is 11.3. The van der Waals surface area contributed by atoms with Gasteiger partial charge in [-0.15, -0.1) is 0 Å². The summed E-state index contributed by atoms with van der Waals surface area (Å²) >= 11 is 0. The Labute approximate surface area is 119 Å². The lowest BCUT2D eigenvalue weighted by molar-refractivity contribution is 0.0529. The van der Waals surface area contributed by atoms with E-state index in [9.17, 15) is 4.79 Å². The molecule has 0 radical (unpaired) electrons. The summed E-state index contributed by atoms with van der Waals surface area (Å²) in [6.45, 7) is 5.84. The van der Waals surface area contributed by atoms with Gasteiger partial charge in [0.15, 0.2) is 0 Å². The van der Waals surface area contributed by atoms with Crippen LogP contribution >= 0.6 is 0 Å². The number of pyridine rings is 1. The third kappa shape index (κ3) is 6.42. The number of hydrogen-bond acceptors (Lipinski definition) is 4. The highest BCUT2D eigenvalue weighted by atomic mass is 16.6. The summed E-state index contributed by atoms with van der Waals surface area (Å²) in [5.41, 5.74) is 0.568. The summed E-state index contributed by atoms with van der Waals surface area (Å²) in [6.07, 6.45) is 1.60. The fourth-order valence-corrected chi connectivity index (χ4v) is 1.28. The Morgan fingerprint density at radius 1 is 1.50 bits per heavy atom. The van der Waals surface area contributed by atoms with Crippen molar-refractivity contribution >= 4 is 6.09 Å². The van der Waals surface area contributed by atoms with E-state index in [0.29, 0.717) is 18.7 Å². The van der Waals surface area contributed by atoms with Crippen LogP contribution in [0.5, 0.6) is 0 Å². The Hall–Kier alpha value is -2.53. The molecule has 1 amide bonds. The highest BCUT2D eigenvalue weighted by Gasteiger charge is 2.15. The van der Waals surface area contributed by atoms with Crippen LogP contribution in [0.25, 0.3) is 0 Å². The summed E-state index contributed by atoms with van der Waals surface area (Å²) < 4.78 is 5.09. The molecule has 0 aliphatic rings. The van der Waals surface area contributed by atoms with E-state index < -0.39 is 11.7 Å². The Kier molecular flexibility index (Phi) is 5.56. The van der Waals surface area contributed by atoms with Gasteiger partial charge in [0.25, 0.3) is 0 Å². The van der Waals surface area contributed by atoms with Crippen LogP contribution in [0.15, 0.2) is 18.3 Å². The minimum Gasteiger partial charge on any atom is -0.444 e. The molecule has 0 atom stereocenters. The number of amides is 1. The molecule has 1 heterocycles. The minimum absolute atomic E-state index is 0.337. The van der Waals surface area contributed by atoms with Crippen LogP contribution in [0.1, 0.15) is 38.4 Å². The van der Waals surface area contributed by atoms with E-state index in [1.807, 2.05) is 26.8 Å². The van der Waals surface area contributed by atoms with Crippen molar-refractivity contribution in [2.24, 2.45) is 0 Å². The zero-order chi connectivity index (χ0) is 15.0. The van der Waals surface area contributed by atoms with E-state index in [1.54, 1.807) is 18.3 Å². The van der Waals surface area contributed by atoms with Gasteiger partial charge in [0.2, 0.25) is 0 Å². The molecule has 0 bridgehead atoms. The Balaban J connectivity index is 2.37. The molecule has 0 aliphatic carbocycles. The molecule has 0 aromatic carbocycles. The number of nitriles is 1. The first kappa shape index (κ1) is 15.5. The predicted molar refractivity (Wildman–Crippen MR) is 74.7 cm³/mol. The first-order valence-corrected chi connectivity index (χ1v) is 6.22. The van der Waals surface area contributed by atoms with E-state index in [0.717, 1.165) is 5.56 Å². The van der Waals surface area contributed by atoms with Gasteiger partial charge in [-0.3, -0.25) is 0 Å². The maximum Gasteiger partial charge on any atom is 0.407 e. The molecule has 5 heteroatoms. The number of carbonyl (C=O) groups excluding carboxylic acids is 1. The molecule has 1 aromatic heterocycles. The number of nitrogens with zero attached hydrogens (tertiary/aromatic N) is 2. The van der Waals surface area contributed by atoms with Crippen LogP contribution in [-0.2, 0) is 4.74 Å². The summed E-state index contributed by atoms with van der Waals surface area (Å²) in [7, 11) is 0. The third-order valence-electron chi connectivity index (χ3n) is 2.03. The molecule has 0 saturated carbocycles. The van der Waals surface area contributed by atoms with Gasteiger partial charge in [-0.25, -0.2) is 9.78 Å². The topological polar surface area (TPSA) is 75.0 Å². The molecule has 0 unspecified atom stereocenters. The largest absolute Gasteiger partial charge is 0.444 e. The molecule has 0 fully saturated rings. The second-order valence-electron chi connectivity index (χ2n) is 5.02. The van der Waals surface area contributed by atoms with Gasteiger partial charge in [0.1, 0.15) is 17.4 Å². The standard InChI is InChI=1S/C15H17N3O2/c1-15(2,3)20-14(19)18-8-5-4-6-12-7-9-17-13(10-12)11-16/h7,9-10H,5,8H2,1-3H3,(H,18,19). The monoisotopic (exact) mass is 271 g/mol. The number of nitrogens with one attached hydrogen (secondary N) is 1. The molecule has 0 saturated heterocycles. The predicted octanol–water partition coefficient (Wildman–Crippen LogP) is 2.22. The molecule has 1 rings (SSSR count). The quantitative estimate of drug-likeness (QED) is 0.661. The van der Waals surface area contributed by atoms with E-state index in [1.165, 1.54) is 0 Å². The van der Waals surface area contributed by atoms with E-state index >= 15 is 0 Å². The highest BCUT2D eigenvalue weighted by molar-refractivity contribution is 5.67. The van der Waals surface area contributed by atoms with Gasteiger partial charge in [0, 0.05) is 24.7 Å². The summed E-state index contributed by atoms with van der Waals surface area (Å²) in [6, 6.07) is 5.30. The molecule has 20 heavy (non-hydrogen) atoms. The van der Waals surface area contributed by atoms with Crippen molar-refractivity contribution in [3.8, 4) is 17.9 Å². The average Bonchev–Trinajstić information content (AvgIpc) is 2.36. The van der Waals surface area contributed by atoms with Crippen molar-refractivity contribution in [3.05, 3.63) is 29.6 Å². The van der Waals surface area contributed by atoms with Crippen molar-refractivity contribution in [3.63, 3.8) is 0 Å². The number of alkyl carbamates (subject to hydrolysis) is 1. The van der Waals surface area contributed by atoms with E-state index in [4.69, 9.17) is 10.00 Å². The number of rotatable bonds is 2. The SMILES string of the molecule is CC(C)(C)OC(=O)NCCC#Cc1ccnc(C#N)c1. The van der Waals surface area contributed by atoms with Crippen LogP contribution in [0, 0.1) is 23.2 Å². The lowest BCUT2D eigenvalue weighted by Gasteiger charge is -2.19. The van der Waals surface area contributed by atoms with Crippen LogP contribution in [0.4, 0.5) is 4.79 Å². The first-order chi connectivity index (χ1) is 9.40. The van der Waals surface area contributed by atoms with Gasteiger partial charge >= 0.3 is 6.09 Å². The van der Waals surface area contributed by atoms with Crippen molar-refractivity contribution in [2.45, 2.75) is 32.8 Å². The van der Waals surface area contributed by atoms with E-state index in [2.05, 4.69) is 22.1 Å². The molecule has 1 N–H and O–H groups in total. The normalized spacial score (nSPS) is 9.90. The van der Waals surface area contributed by atoms with Gasteiger partial charge < -0.3 is 10.1 Å². The summed E-state index contributed by atoms with van der Waals surface area (Å²) in [5, 5.41) is 11.3. The zero-order valence-corrected chi connectivity index (χ0v) is 11.9. The fraction of sp³-hybridized carbons (Fsp3) is 0.400. The molecule has 1 aromatic rings. The summed E-state index contributed by atoms with van der Waals surface area (Å²) in [4.78, 5) is 15.2. The van der Waals surface area contributed by atoms with Gasteiger partial charge in [0.05, 0.1) is 0 Å². The Morgan fingerprint density at radius 2 is 2.25 bits per heavy atom. The van der Waals surface area contributed by atoms with Crippen LogP contribution < -0.4 is 5.32 Å². The number of carbonyl (C=O) groups is 1. The molecule has 104 valence electrons.